The number of nitrogens with zero attached hydrogens (tertiary/aromatic N) is 1. The van der Waals surface area contributed by atoms with Crippen LogP contribution in [0.5, 0.6) is 0 Å². The molecular formula is C33H48N2O9. The lowest BCUT2D eigenvalue weighted by atomic mass is 9.62. The molecule has 1 amide bonds. The fourth-order valence-electron chi connectivity index (χ4n) is 7.28. The zero-order chi connectivity index (χ0) is 31.2. The average molecular weight is 617 g/mol. The Labute approximate surface area is 259 Å². The molecule has 0 spiro atoms. The van der Waals surface area contributed by atoms with Crippen LogP contribution < -0.4 is 5.32 Å². The van der Waals surface area contributed by atoms with Crippen molar-refractivity contribution in [1.29, 1.82) is 0 Å². The van der Waals surface area contributed by atoms with Crippen molar-refractivity contribution in [1.82, 2.24) is 10.4 Å². The highest BCUT2D eigenvalue weighted by Gasteiger charge is 2.76. The van der Waals surface area contributed by atoms with E-state index >= 15 is 0 Å². The van der Waals surface area contributed by atoms with Gasteiger partial charge in [-0.2, -0.15) is 5.06 Å². The Bertz CT molecular complexity index is 1150. The summed E-state index contributed by atoms with van der Waals surface area (Å²) in [6, 6.07) is 6.63. The molecule has 3 aliphatic heterocycles. The van der Waals surface area contributed by atoms with Gasteiger partial charge in [-0.25, -0.2) is 0 Å². The van der Waals surface area contributed by atoms with Gasteiger partial charge in [-0.1, -0.05) is 63.8 Å². The molecule has 44 heavy (non-hydrogen) atoms. The molecule has 0 radical (unpaired) electrons. The van der Waals surface area contributed by atoms with Gasteiger partial charge in [0.05, 0.1) is 26.0 Å². The van der Waals surface area contributed by atoms with E-state index in [4.69, 9.17) is 28.9 Å². The zero-order valence-electron chi connectivity index (χ0n) is 25.9. The molecule has 1 aromatic rings. The number of rotatable bonds is 17. The topological polar surface area (TPSA) is 136 Å². The number of carbonyl (C=O) groups is 2. The van der Waals surface area contributed by atoms with Crippen LogP contribution in [0.15, 0.2) is 30.5 Å². The molecule has 6 atom stereocenters. The van der Waals surface area contributed by atoms with Gasteiger partial charge in [-0.05, 0) is 30.0 Å². The largest absolute Gasteiger partial charge is 0.499 e. The second-order valence-electron chi connectivity index (χ2n) is 12.3. The van der Waals surface area contributed by atoms with Crippen LogP contribution in [0, 0.1) is 5.41 Å². The fourth-order valence-corrected chi connectivity index (χ4v) is 7.28. The molecule has 2 unspecified atom stereocenters. The Morgan fingerprint density at radius 3 is 2.50 bits per heavy atom. The molecule has 0 aromatic heterocycles. The normalized spacial score (nSPS) is 30.4. The number of amides is 1. The lowest BCUT2D eigenvalue weighted by molar-refractivity contribution is -0.224. The number of hydrogen-bond acceptors (Lipinski definition) is 10. The summed E-state index contributed by atoms with van der Waals surface area (Å²) in [5.74, 6) is -1.71. The van der Waals surface area contributed by atoms with Gasteiger partial charge in [0.2, 0.25) is 5.91 Å². The molecule has 4 aliphatic rings. The predicted molar refractivity (Wildman–Crippen MR) is 161 cm³/mol. The van der Waals surface area contributed by atoms with Gasteiger partial charge in [0.15, 0.2) is 11.8 Å². The Kier molecular flexibility index (Phi) is 11.0. The molecule has 1 aliphatic carbocycles. The smallest absolute Gasteiger partial charge is 0.327 e. The van der Waals surface area contributed by atoms with E-state index in [1.807, 2.05) is 24.3 Å². The summed E-state index contributed by atoms with van der Waals surface area (Å²) >= 11 is 0. The number of aliphatic hydroxyl groups excluding tert-OH is 2. The minimum absolute atomic E-state index is 0.0601. The second-order valence-corrected chi connectivity index (χ2v) is 12.3. The zero-order valence-corrected chi connectivity index (χ0v) is 25.9. The molecule has 11 nitrogen and oxygen atoms in total. The van der Waals surface area contributed by atoms with E-state index < -0.39 is 47.6 Å². The molecule has 3 saturated heterocycles. The van der Waals surface area contributed by atoms with Crippen LogP contribution in [0.1, 0.15) is 82.8 Å². The van der Waals surface area contributed by atoms with Crippen molar-refractivity contribution in [2.45, 2.75) is 114 Å². The maximum Gasteiger partial charge on any atom is 0.327 e. The van der Waals surface area contributed by atoms with E-state index in [1.54, 1.807) is 11.1 Å². The van der Waals surface area contributed by atoms with Crippen molar-refractivity contribution in [2.75, 3.05) is 26.4 Å². The predicted octanol–water partition coefficient (Wildman–Crippen LogP) is 3.22. The van der Waals surface area contributed by atoms with Crippen LogP contribution in [0.25, 0.3) is 6.08 Å². The van der Waals surface area contributed by atoms with Crippen LogP contribution in [-0.2, 0) is 39.9 Å². The molecule has 11 heteroatoms. The Balaban J connectivity index is 1.48. The first-order valence-electron chi connectivity index (χ1n) is 16.3. The number of hydrogen-bond donors (Lipinski definition) is 3. The molecule has 4 fully saturated rings. The number of esters is 1. The summed E-state index contributed by atoms with van der Waals surface area (Å²) in [6.07, 6.45) is 8.53. The van der Waals surface area contributed by atoms with E-state index in [9.17, 15) is 14.7 Å². The van der Waals surface area contributed by atoms with Crippen molar-refractivity contribution in [3.63, 3.8) is 0 Å². The molecule has 3 heterocycles. The molecular weight excluding hydrogens is 568 g/mol. The Hall–Kier alpha value is -2.54. The highest BCUT2D eigenvalue weighted by molar-refractivity contribution is 5.93. The highest BCUT2D eigenvalue weighted by Crippen LogP contribution is 2.58. The van der Waals surface area contributed by atoms with Crippen LogP contribution in [0.3, 0.4) is 0 Å². The molecule has 1 saturated carbocycles. The van der Waals surface area contributed by atoms with E-state index in [0.29, 0.717) is 0 Å². The number of benzene rings is 1. The maximum atomic E-state index is 14.1. The van der Waals surface area contributed by atoms with Gasteiger partial charge in [0.25, 0.3) is 0 Å². The van der Waals surface area contributed by atoms with Crippen molar-refractivity contribution in [3.05, 3.63) is 41.7 Å². The number of carbonyl (C=O) groups excluding carboxylic acids is 2. The van der Waals surface area contributed by atoms with Gasteiger partial charge < -0.3 is 34.5 Å². The lowest BCUT2D eigenvalue weighted by Crippen LogP contribution is -2.69. The molecule has 244 valence electrons. The van der Waals surface area contributed by atoms with Gasteiger partial charge in [-0.15, -0.1) is 0 Å². The van der Waals surface area contributed by atoms with Gasteiger partial charge in [-0.3, -0.25) is 14.4 Å². The van der Waals surface area contributed by atoms with E-state index in [1.165, 1.54) is 6.26 Å². The van der Waals surface area contributed by atoms with Crippen molar-refractivity contribution >= 4 is 18.0 Å². The summed E-state index contributed by atoms with van der Waals surface area (Å²) in [7, 11) is 0. The second kappa shape index (κ2) is 14.7. The van der Waals surface area contributed by atoms with E-state index in [0.717, 1.165) is 62.5 Å². The number of fused-ring (bicyclic) bond motifs is 4. The minimum atomic E-state index is -1.28. The standard InChI is InChI=1S/C33H48N2O9/c1-3-5-9-14-32(15-10-6-4-2)42-26-25-21-33(31(39)34-16-17-36)28(30(38)41-25)35(44-29(33)27(26)43-32)22-24-12-8-7-11-23(24)13-19-40-20-18-37/h7-8,11-13,19,25-29,36-37H,3-6,9-10,14-18,20-22H2,1-2H3,(H,34,39)/t25?,26-,27-,28-,29+,33?/m0/s1. The summed E-state index contributed by atoms with van der Waals surface area (Å²) in [6.45, 7) is 4.45. The van der Waals surface area contributed by atoms with Crippen molar-refractivity contribution in [2.24, 2.45) is 5.41 Å². The van der Waals surface area contributed by atoms with Gasteiger partial charge in [0.1, 0.15) is 36.4 Å². The maximum absolute atomic E-state index is 14.1. The number of hydroxylamine groups is 2. The monoisotopic (exact) mass is 616 g/mol. The highest BCUT2D eigenvalue weighted by atomic mass is 16.8. The SMILES string of the molecule is CCCCCC1(CCCCC)O[C@@H]2[C@H]3ON(Cc4ccccc4C=COCCO)[C@H]4C(=O)OC(CC34C(=O)NCCO)[C@@H]2O1. The summed E-state index contributed by atoms with van der Waals surface area (Å²) in [5, 5.41) is 23.0. The molecule has 2 bridgehead atoms. The molecule has 3 N–H and O–H groups in total. The third-order valence-electron chi connectivity index (χ3n) is 9.33. The van der Waals surface area contributed by atoms with Crippen molar-refractivity contribution < 1.29 is 43.6 Å². The minimum Gasteiger partial charge on any atom is -0.499 e. The Morgan fingerprint density at radius 1 is 1.07 bits per heavy atom. The number of unbranched alkanes of at least 4 members (excludes halogenated alkanes) is 4. The van der Waals surface area contributed by atoms with Crippen LogP contribution in [0.2, 0.25) is 0 Å². The third kappa shape index (κ3) is 6.41. The fraction of sp³-hybridized carbons (Fsp3) is 0.697. The number of ether oxygens (including phenoxy) is 4. The van der Waals surface area contributed by atoms with Crippen LogP contribution in [-0.4, -0.2) is 89.8 Å². The van der Waals surface area contributed by atoms with E-state index in [-0.39, 0.29) is 45.2 Å². The average Bonchev–Trinajstić information content (AvgIpc) is 3.57. The first-order valence-corrected chi connectivity index (χ1v) is 16.3. The summed E-state index contributed by atoms with van der Waals surface area (Å²) in [4.78, 5) is 34.5. The summed E-state index contributed by atoms with van der Waals surface area (Å²) in [5.41, 5.74) is 0.413. The van der Waals surface area contributed by atoms with E-state index in [2.05, 4.69) is 19.2 Å². The first-order chi connectivity index (χ1) is 21.4. The van der Waals surface area contributed by atoms with Crippen molar-refractivity contribution in [3.8, 4) is 0 Å². The molecule has 1 aromatic carbocycles. The Morgan fingerprint density at radius 2 is 1.80 bits per heavy atom. The first kappa shape index (κ1) is 32.8. The number of aliphatic hydroxyl groups is 2. The van der Waals surface area contributed by atoms with Gasteiger partial charge >= 0.3 is 5.97 Å². The van der Waals surface area contributed by atoms with Gasteiger partial charge in [0, 0.05) is 25.8 Å². The molecule has 5 rings (SSSR count). The quantitative estimate of drug-likeness (QED) is 0.136. The third-order valence-corrected chi connectivity index (χ3v) is 9.33. The lowest BCUT2D eigenvalue weighted by Gasteiger charge is -2.48. The number of nitrogens with one attached hydrogen (secondary N) is 1. The summed E-state index contributed by atoms with van der Waals surface area (Å²) < 4.78 is 25.0. The van der Waals surface area contributed by atoms with Crippen LogP contribution >= 0.6 is 0 Å². The van der Waals surface area contributed by atoms with Crippen LogP contribution in [0.4, 0.5) is 0 Å².